The molecule has 0 saturated carbocycles. The third kappa shape index (κ3) is 6.48. The quantitative estimate of drug-likeness (QED) is 0.438. The zero-order valence-corrected chi connectivity index (χ0v) is 18.8. The molecule has 0 atom stereocenters. The van der Waals surface area contributed by atoms with Crippen LogP contribution in [-0.4, -0.2) is 37.1 Å². The van der Waals surface area contributed by atoms with E-state index < -0.39 is 23.5 Å². The fraction of sp³-hybridized carbons (Fsp3) is 0.261. The number of hydrogen-bond donors (Lipinski definition) is 1. The van der Waals surface area contributed by atoms with Gasteiger partial charge in [-0.1, -0.05) is 0 Å². The molecule has 0 unspecified atom stereocenters. The Kier molecular flexibility index (Phi) is 8.31. The minimum absolute atomic E-state index is 0.0238. The van der Waals surface area contributed by atoms with Crippen molar-refractivity contribution >= 4 is 23.2 Å². The zero-order valence-electron chi connectivity index (χ0n) is 18.0. The first kappa shape index (κ1) is 24.1. The van der Waals surface area contributed by atoms with Gasteiger partial charge in [0.2, 0.25) is 0 Å². The lowest BCUT2D eigenvalue weighted by molar-refractivity contribution is -0.144. The molecule has 10 heteroatoms. The molecule has 0 aliphatic heterocycles. The Morgan fingerprint density at radius 2 is 1.94 bits per heavy atom. The van der Waals surface area contributed by atoms with Crippen molar-refractivity contribution in [2.45, 2.75) is 20.0 Å². The van der Waals surface area contributed by atoms with Crippen LogP contribution in [0.2, 0.25) is 0 Å². The molecular weight excluding hydrogens is 454 g/mol. The summed E-state index contributed by atoms with van der Waals surface area (Å²) in [4.78, 5) is 28.4. The van der Waals surface area contributed by atoms with Crippen LogP contribution in [0.5, 0.6) is 11.5 Å². The van der Waals surface area contributed by atoms with E-state index >= 15 is 0 Å². The van der Waals surface area contributed by atoms with Crippen molar-refractivity contribution in [3.8, 4) is 22.1 Å². The summed E-state index contributed by atoms with van der Waals surface area (Å²) in [6, 6.07) is 8.15. The van der Waals surface area contributed by atoms with E-state index in [0.29, 0.717) is 29.9 Å². The monoisotopic (exact) mass is 476 g/mol. The number of thiazole rings is 1. The maximum absolute atomic E-state index is 13.6. The minimum atomic E-state index is -0.973. The molecule has 0 fully saturated rings. The number of esters is 1. The number of carbonyl (C=O) groups is 2. The number of aromatic nitrogens is 1. The van der Waals surface area contributed by atoms with E-state index in [9.17, 15) is 18.4 Å². The highest BCUT2D eigenvalue weighted by Gasteiger charge is 2.14. The number of hydrogen-bond acceptors (Lipinski definition) is 7. The van der Waals surface area contributed by atoms with Crippen molar-refractivity contribution in [2.75, 3.05) is 20.3 Å². The molecule has 33 heavy (non-hydrogen) atoms. The number of rotatable bonds is 10. The second-order valence-corrected chi connectivity index (χ2v) is 7.59. The van der Waals surface area contributed by atoms with Gasteiger partial charge in [-0.25, -0.2) is 13.8 Å². The van der Waals surface area contributed by atoms with Gasteiger partial charge in [0.05, 0.1) is 31.4 Å². The van der Waals surface area contributed by atoms with Crippen molar-refractivity contribution in [3.05, 3.63) is 64.7 Å². The van der Waals surface area contributed by atoms with E-state index in [1.54, 1.807) is 12.5 Å². The largest absolute Gasteiger partial charge is 0.493 e. The average Bonchev–Trinajstić information content (AvgIpc) is 3.27. The molecule has 174 valence electrons. The number of benzene rings is 2. The third-order valence-corrected chi connectivity index (χ3v) is 5.37. The van der Waals surface area contributed by atoms with E-state index in [0.717, 1.165) is 22.7 Å². The molecule has 2 aromatic carbocycles. The SMILES string of the molecule is CCOc1ccc(-c2nc(COC(=O)CCNC(=O)c3ccc(F)cc3F)cs2)cc1OC. The first-order valence-corrected chi connectivity index (χ1v) is 10.9. The number of ether oxygens (including phenoxy) is 3. The summed E-state index contributed by atoms with van der Waals surface area (Å²) in [6.45, 7) is 2.34. The number of nitrogens with one attached hydrogen (secondary N) is 1. The Balaban J connectivity index is 1.48. The number of amides is 1. The Morgan fingerprint density at radius 3 is 2.67 bits per heavy atom. The van der Waals surface area contributed by atoms with Gasteiger partial charge >= 0.3 is 5.97 Å². The fourth-order valence-electron chi connectivity index (χ4n) is 2.85. The lowest BCUT2D eigenvalue weighted by atomic mass is 10.2. The molecule has 3 rings (SSSR count). The smallest absolute Gasteiger partial charge is 0.307 e. The molecule has 0 radical (unpaired) electrons. The topological polar surface area (TPSA) is 86.8 Å². The van der Waals surface area contributed by atoms with Crippen LogP contribution in [0.25, 0.3) is 10.6 Å². The Hall–Kier alpha value is -3.53. The Morgan fingerprint density at radius 1 is 1.12 bits per heavy atom. The third-order valence-electron chi connectivity index (χ3n) is 4.43. The second-order valence-electron chi connectivity index (χ2n) is 6.73. The minimum Gasteiger partial charge on any atom is -0.493 e. The van der Waals surface area contributed by atoms with Crippen LogP contribution in [0.3, 0.4) is 0 Å². The van der Waals surface area contributed by atoms with Gasteiger partial charge in [-0.3, -0.25) is 9.59 Å². The summed E-state index contributed by atoms with van der Waals surface area (Å²) >= 11 is 1.40. The van der Waals surface area contributed by atoms with E-state index in [1.165, 1.54) is 11.3 Å². The Labute approximate surface area is 193 Å². The lowest BCUT2D eigenvalue weighted by Crippen LogP contribution is -2.27. The standard InChI is InChI=1S/C23H22F2N2O5S/c1-3-31-19-7-4-14(10-20(19)30-2)23-27-16(13-33-23)12-32-21(28)8-9-26-22(29)17-6-5-15(24)11-18(17)25/h4-7,10-11,13H,3,8-9,12H2,1-2H3,(H,26,29). The molecule has 0 aliphatic carbocycles. The summed E-state index contributed by atoms with van der Waals surface area (Å²) in [5.41, 5.74) is 1.12. The molecule has 0 saturated heterocycles. The van der Waals surface area contributed by atoms with Crippen LogP contribution in [0, 0.1) is 11.6 Å². The van der Waals surface area contributed by atoms with Gasteiger partial charge in [-0.05, 0) is 37.3 Å². The number of nitrogens with zero attached hydrogens (tertiary/aromatic N) is 1. The number of carbonyl (C=O) groups excluding carboxylic acids is 2. The predicted octanol–water partition coefficient (Wildman–Crippen LogP) is 4.36. The van der Waals surface area contributed by atoms with Gasteiger partial charge in [-0.15, -0.1) is 11.3 Å². The highest BCUT2D eigenvalue weighted by atomic mass is 32.1. The van der Waals surface area contributed by atoms with Crippen LogP contribution in [0.1, 0.15) is 29.4 Å². The summed E-state index contributed by atoms with van der Waals surface area (Å²) in [5, 5.41) is 4.92. The van der Waals surface area contributed by atoms with Crippen LogP contribution in [0.15, 0.2) is 41.8 Å². The molecule has 7 nitrogen and oxygen atoms in total. The first-order chi connectivity index (χ1) is 15.9. The molecule has 1 N–H and O–H groups in total. The molecule has 0 spiro atoms. The summed E-state index contributed by atoms with van der Waals surface area (Å²) in [5.74, 6) is -1.80. The summed E-state index contributed by atoms with van der Waals surface area (Å²) in [6.07, 6.45) is -0.109. The Bertz CT molecular complexity index is 1140. The maximum atomic E-state index is 13.6. The van der Waals surface area contributed by atoms with Gasteiger partial charge in [0.25, 0.3) is 5.91 Å². The van der Waals surface area contributed by atoms with Crippen molar-refractivity contribution in [1.29, 1.82) is 0 Å². The molecule has 1 aromatic heterocycles. The fourth-order valence-corrected chi connectivity index (χ4v) is 3.66. The molecule has 0 aliphatic rings. The van der Waals surface area contributed by atoms with Gasteiger partial charge in [0.15, 0.2) is 11.5 Å². The van der Waals surface area contributed by atoms with Crippen LogP contribution in [0.4, 0.5) is 8.78 Å². The molecular formula is C23H22F2N2O5S. The summed E-state index contributed by atoms with van der Waals surface area (Å²) in [7, 11) is 1.56. The normalized spacial score (nSPS) is 10.5. The van der Waals surface area contributed by atoms with Crippen molar-refractivity contribution in [2.24, 2.45) is 0 Å². The van der Waals surface area contributed by atoms with Crippen LogP contribution >= 0.6 is 11.3 Å². The summed E-state index contributed by atoms with van der Waals surface area (Å²) < 4.78 is 42.6. The lowest BCUT2D eigenvalue weighted by Gasteiger charge is -2.10. The molecule has 1 amide bonds. The van der Waals surface area contributed by atoms with E-state index in [-0.39, 0.29) is 25.1 Å². The molecule has 1 heterocycles. The van der Waals surface area contributed by atoms with E-state index in [4.69, 9.17) is 14.2 Å². The number of methoxy groups -OCH3 is 1. The average molecular weight is 477 g/mol. The van der Waals surface area contributed by atoms with Gasteiger partial charge in [0.1, 0.15) is 23.2 Å². The van der Waals surface area contributed by atoms with E-state index in [2.05, 4.69) is 10.3 Å². The van der Waals surface area contributed by atoms with Crippen molar-refractivity contribution in [1.82, 2.24) is 10.3 Å². The van der Waals surface area contributed by atoms with Crippen molar-refractivity contribution < 1.29 is 32.6 Å². The van der Waals surface area contributed by atoms with Gasteiger partial charge < -0.3 is 19.5 Å². The molecule has 3 aromatic rings. The van der Waals surface area contributed by atoms with Gasteiger partial charge in [-0.2, -0.15) is 0 Å². The van der Waals surface area contributed by atoms with E-state index in [1.807, 2.05) is 25.1 Å². The molecule has 0 bridgehead atoms. The predicted molar refractivity (Wildman–Crippen MR) is 118 cm³/mol. The maximum Gasteiger partial charge on any atom is 0.307 e. The zero-order chi connectivity index (χ0) is 23.8. The second kappa shape index (κ2) is 11.4. The highest BCUT2D eigenvalue weighted by molar-refractivity contribution is 7.13. The highest BCUT2D eigenvalue weighted by Crippen LogP contribution is 2.33. The van der Waals surface area contributed by atoms with Crippen LogP contribution in [-0.2, 0) is 16.1 Å². The van der Waals surface area contributed by atoms with Crippen molar-refractivity contribution in [3.63, 3.8) is 0 Å². The van der Waals surface area contributed by atoms with Gasteiger partial charge in [0, 0.05) is 23.6 Å². The first-order valence-electron chi connectivity index (χ1n) is 10.1. The van der Waals surface area contributed by atoms with Crippen LogP contribution < -0.4 is 14.8 Å². The number of halogens is 2.